The van der Waals surface area contributed by atoms with Crippen LogP contribution in [0.2, 0.25) is 5.02 Å². The molecule has 1 rings (SSSR count). The Balaban J connectivity index is 2.93. The SMILES string of the molecule is CNC(=O)CNC(=O)C(C#Cc1ccc(Cl)cc1)C(O)C(=O)O. The van der Waals surface area contributed by atoms with Gasteiger partial charge in [-0.25, -0.2) is 4.79 Å². The Morgan fingerprint density at radius 1 is 1.26 bits per heavy atom. The van der Waals surface area contributed by atoms with E-state index in [1.54, 1.807) is 24.3 Å². The van der Waals surface area contributed by atoms with Gasteiger partial charge in [0, 0.05) is 17.6 Å². The average Bonchev–Trinajstić information content (AvgIpc) is 2.53. The summed E-state index contributed by atoms with van der Waals surface area (Å²) in [6.45, 7) is -0.346. The van der Waals surface area contributed by atoms with E-state index >= 15 is 0 Å². The van der Waals surface area contributed by atoms with Crippen LogP contribution in [-0.2, 0) is 14.4 Å². The van der Waals surface area contributed by atoms with E-state index in [-0.39, 0.29) is 6.54 Å². The molecule has 0 aliphatic heterocycles. The predicted molar refractivity (Wildman–Crippen MR) is 82.5 cm³/mol. The number of aliphatic hydroxyl groups is 1. The van der Waals surface area contributed by atoms with Gasteiger partial charge in [-0.2, -0.15) is 0 Å². The third kappa shape index (κ3) is 5.98. The molecule has 0 radical (unpaired) electrons. The molecule has 2 amide bonds. The molecule has 0 bridgehead atoms. The van der Waals surface area contributed by atoms with Gasteiger partial charge in [0.15, 0.2) is 6.10 Å². The maximum atomic E-state index is 11.9. The number of carboxylic acids is 1. The van der Waals surface area contributed by atoms with Crippen molar-refractivity contribution in [2.45, 2.75) is 6.10 Å². The molecule has 8 heteroatoms. The summed E-state index contributed by atoms with van der Waals surface area (Å²) in [4.78, 5) is 33.9. The van der Waals surface area contributed by atoms with Crippen LogP contribution >= 0.6 is 11.6 Å². The number of hydrogen-bond acceptors (Lipinski definition) is 4. The van der Waals surface area contributed by atoms with Crippen molar-refractivity contribution in [3.63, 3.8) is 0 Å². The van der Waals surface area contributed by atoms with Crippen LogP contribution in [0.15, 0.2) is 24.3 Å². The molecule has 1 aromatic carbocycles. The standard InChI is InChI=1S/C15H15ClN2O5/c1-17-12(19)8-18-14(21)11(13(20)15(22)23)7-4-9-2-5-10(16)6-3-9/h2-3,5-6,11,13,20H,8H2,1H3,(H,17,19)(H,18,21)(H,22,23). The number of rotatable bonds is 5. The monoisotopic (exact) mass is 338 g/mol. The fourth-order valence-corrected chi connectivity index (χ4v) is 1.62. The van der Waals surface area contributed by atoms with Gasteiger partial charge >= 0.3 is 5.97 Å². The first-order chi connectivity index (χ1) is 10.8. The van der Waals surface area contributed by atoms with Crippen LogP contribution in [0.3, 0.4) is 0 Å². The number of hydrogen-bond donors (Lipinski definition) is 4. The minimum atomic E-state index is -2.01. The second-order valence-electron chi connectivity index (χ2n) is 4.43. The van der Waals surface area contributed by atoms with Crippen LogP contribution in [0.25, 0.3) is 0 Å². The van der Waals surface area contributed by atoms with Gasteiger partial charge in [-0.3, -0.25) is 9.59 Å². The van der Waals surface area contributed by atoms with E-state index in [9.17, 15) is 19.5 Å². The van der Waals surface area contributed by atoms with Crippen LogP contribution < -0.4 is 10.6 Å². The lowest BCUT2D eigenvalue weighted by Gasteiger charge is -2.14. The largest absolute Gasteiger partial charge is 0.479 e. The second kappa shape index (κ2) is 8.78. The molecule has 0 saturated heterocycles. The zero-order valence-corrected chi connectivity index (χ0v) is 12.9. The van der Waals surface area contributed by atoms with Crippen molar-refractivity contribution in [2.24, 2.45) is 5.92 Å². The summed E-state index contributed by atoms with van der Waals surface area (Å²) < 4.78 is 0. The second-order valence-corrected chi connectivity index (χ2v) is 4.86. The van der Waals surface area contributed by atoms with Crippen LogP contribution in [0.1, 0.15) is 5.56 Å². The molecule has 2 unspecified atom stereocenters. The summed E-state index contributed by atoms with van der Waals surface area (Å²) in [7, 11) is 1.39. The molecule has 2 atom stereocenters. The highest BCUT2D eigenvalue weighted by Gasteiger charge is 2.30. The van der Waals surface area contributed by atoms with Crippen molar-refractivity contribution in [1.82, 2.24) is 10.6 Å². The van der Waals surface area contributed by atoms with Crippen molar-refractivity contribution in [3.8, 4) is 11.8 Å². The molecular weight excluding hydrogens is 324 g/mol. The van der Waals surface area contributed by atoms with Crippen LogP contribution in [0, 0.1) is 17.8 Å². The Hall–Kier alpha value is -2.56. The summed E-state index contributed by atoms with van der Waals surface area (Å²) in [5.41, 5.74) is 0.496. The number of nitrogens with one attached hydrogen (secondary N) is 2. The van der Waals surface area contributed by atoms with Gasteiger partial charge in [0.25, 0.3) is 0 Å². The van der Waals surface area contributed by atoms with E-state index in [0.717, 1.165) is 0 Å². The van der Waals surface area contributed by atoms with Crippen LogP contribution in [-0.4, -0.2) is 47.7 Å². The Bertz CT molecular complexity index is 648. The smallest absolute Gasteiger partial charge is 0.334 e. The molecule has 23 heavy (non-hydrogen) atoms. The number of likely N-dealkylation sites (N-methyl/N-ethyl adjacent to an activating group) is 1. The van der Waals surface area contributed by atoms with E-state index in [1.165, 1.54) is 7.05 Å². The lowest BCUT2D eigenvalue weighted by molar-refractivity contribution is -0.151. The van der Waals surface area contributed by atoms with Crippen molar-refractivity contribution in [1.29, 1.82) is 0 Å². The number of aliphatic hydroxyl groups excluding tert-OH is 1. The molecule has 0 spiro atoms. The molecule has 0 aliphatic rings. The van der Waals surface area contributed by atoms with Crippen molar-refractivity contribution in [2.75, 3.05) is 13.6 Å². The Morgan fingerprint density at radius 3 is 2.39 bits per heavy atom. The summed E-state index contributed by atoms with van der Waals surface area (Å²) in [6.07, 6.45) is -2.01. The Kier molecular flexibility index (Phi) is 7.06. The van der Waals surface area contributed by atoms with Gasteiger partial charge in [0.1, 0.15) is 5.92 Å². The highest BCUT2D eigenvalue weighted by molar-refractivity contribution is 6.30. The number of amides is 2. The quantitative estimate of drug-likeness (QED) is 0.546. The predicted octanol–water partition coefficient (Wildman–Crippen LogP) is -0.385. The van der Waals surface area contributed by atoms with E-state index in [1.807, 2.05) is 0 Å². The molecular formula is C15H15ClN2O5. The molecule has 4 N–H and O–H groups in total. The Labute approximate surface area is 137 Å². The van der Waals surface area contributed by atoms with Crippen LogP contribution in [0.5, 0.6) is 0 Å². The number of halogens is 1. The summed E-state index contributed by atoms with van der Waals surface area (Å²) in [5, 5.41) is 23.5. The fourth-order valence-electron chi connectivity index (χ4n) is 1.49. The third-order valence-corrected chi connectivity index (χ3v) is 3.02. The van der Waals surface area contributed by atoms with E-state index in [4.69, 9.17) is 16.7 Å². The van der Waals surface area contributed by atoms with Gasteiger partial charge in [-0.05, 0) is 24.3 Å². The number of carbonyl (C=O) groups excluding carboxylic acids is 2. The highest BCUT2D eigenvalue weighted by Crippen LogP contribution is 2.09. The molecule has 0 fully saturated rings. The molecule has 0 aliphatic carbocycles. The maximum absolute atomic E-state index is 11.9. The van der Waals surface area contributed by atoms with Gasteiger partial charge in [-0.1, -0.05) is 23.4 Å². The van der Waals surface area contributed by atoms with Crippen molar-refractivity contribution >= 4 is 29.4 Å². The first-order valence-electron chi connectivity index (χ1n) is 6.51. The number of benzene rings is 1. The third-order valence-electron chi connectivity index (χ3n) is 2.77. The zero-order valence-electron chi connectivity index (χ0n) is 12.2. The summed E-state index contributed by atoms with van der Waals surface area (Å²) in [6, 6.07) is 6.34. The van der Waals surface area contributed by atoms with Gasteiger partial charge in [0.2, 0.25) is 11.8 Å². The van der Waals surface area contributed by atoms with E-state index < -0.39 is 29.8 Å². The normalized spacial score (nSPS) is 12.3. The van der Waals surface area contributed by atoms with Gasteiger partial charge in [-0.15, -0.1) is 0 Å². The molecule has 0 aromatic heterocycles. The number of carbonyl (C=O) groups is 3. The lowest BCUT2D eigenvalue weighted by atomic mass is 10.0. The fraction of sp³-hybridized carbons (Fsp3) is 0.267. The minimum absolute atomic E-state index is 0.346. The van der Waals surface area contributed by atoms with E-state index in [0.29, 0.717) is 10.6 Å². The summed E-state index contributed by atoms with van der Waals surface area (Å²) in [5.74, 6) is 0.578. The first-order valence-corrected chi connectivity index (χ1v) is 6.89. The molecule has 122 valence electrons. The molecule has 7 nitrogen and oxygen atoms in total. The van der Waals surface area contributed by atoms with Crippen LogP contribution in [0.4, 0.5) is 0 Å². The van der Waals surface area contributed by atoms with Gasteiger partial charge < -0.3 is 20.8 Å². The Morgan fingerprint density at radius 2 is 1.87 bits per heavy atom. The molecule has 0 saturated carbocycles. The van der Waals surface area contributed by atoms with Crippen molar-refractivity contribution in [3.05, 3.63) is 34.9 Å². The van der Waals surface area contributed by atoms with E-state index in [2.05, 4.69) is 22.5 Å². The zero-order chi connectivity index (χ0) is 17.4. The number of carboxylic acid groups (broad SMARTS) is 1. The molecule has 1 aromatic rings. The topological polar surface area (TPSA) is 116 Å². The maximum Gasteiger partial charge on any atom is 0.334 e. The molecule has 0 heterocycles. The average molecular weight is 339 g/mol. The number of aliphatic carboxylic acids is 1. The van der Waals surface area contributed by atoms with Crippen molar-refractivity contribution < 1.29 is 24.6 Å². The first kappa shape index (κ1) is 18.5. The van der Waals surface area contributed by atoms with Gasteiger partial charge in [0.05, 0.1) is 6.54 Å². The lowest BCUT2D eigenvalue weighted by Crippen LogP contribution is -2.43. The minimum Gasteiger partial charge on any atom is -0.479 e. The summed E-state index contributed by atoms with van der Waals surface area (Å²) >= 11 is 5.73. The highest BCUT2D eigenvalue weighted by atomic mass is 35.5.